The quantitative estimate of drug-likeness (QED) is 0.888. The van der Waals surface area contributed by atoms with Crippen LogP contribution in [0, 0.1) is 13.8 Å². The van der Waals surface area contributed by atoms with Gasteiger partial charge in [0.25, 0.3) is 5.91 Å². The largest absolute Gasteiger partial charge is 0.416 e. The van der Waals surface area contributed by atoms with Crippen LogP contribution in [0.15, 0.2) is 12.1 Å². The van der Waals surface area contributed by atoms with E-state index in [1.54, 1.807) is 13.8 Å². The Kier molecular flexibility index (Phi) is 5.58. The summed E-state index contributed by atoms with van der Waals surface area (Å²) in [5.74, 6) is -0.326. The highest BCUT2D eigenvalue weighted by Crippen LogP contribution is 2.32. The van der Waals surface area contributed by atoms with Gasteiger partial charge >= 0.3 is 6.18 Å². The number of carbonyl (C=O) groups is 1. The van der Waals surface area contributed by atoms with Crippen LogP contribution in [0.2, 0.25) is 0 Å². The lowest BCUT2D eigenvalue weighted by Crippen LogP contribution is -2.56. The molecule has 0 saturated carbocycles. The number of benzene rings is 1. The number of amides is 1. The third-order valence-corrected chi connectivity index (χ3v) is 5.33. The summed E-state index contributed by atoms with van der Waals surface area (Å²) in [5.41, 5.74) is 0.275. The Labute approximate surface area is 151 Å². The molecule has 0 radical (unpaired) electrons. The van der Waals surface area contributed by atoms with Gasteiger partial charge in [-0.25, -0.2) is 0 Å². The molecule has 2 atom stereocenters. The topological polar surface area (TPSA) is 41.6 Å². The average molecular weight is 370 g/mol. The van der Waals surface area contributed by atoms with Crippen LogP contribution in [0.3, 0.4) is 0 Å². The SMILES string of the molecule is Cc1cc(C(F)(F)F)cc(C)c1C(=O)N[C@@H]1COCC[C@H]1N1CCCC1. The Morgan fingerprint density at radius 1 is 1.19 bits per heavy atom. The molecule has 1 aromatic carbocycles. The minimum Gasteiger partial charge on any atom is -0.379 e. The molecule has 7 heteroatoms. The maximum Gasteiger partial charge on any atom is 0.416 e. The molecule has 2 fully saturated rings. The fourth-order valence-corrected chi connectivity index (χ4v) is 4.10. The van der Waals surface area contributed by atoms with E-state index in [-0.39, 0.29) is 18.0 Å². The van der Waals surface area contributed by atoms with Gasteiger partial charge in [-0.05, 0) is 69.5 Å². The molecule has 2 saturated heterocycles. The van der Waals surface area contributed by atoms with Gasteiger partial charge in [-0.1, -0.05) is 0 Å². The third kappa shape index (κ3) is 4.04. The van der Waals surface area contributed by atoms with Crippen molar-refractivity contribution in [1.82, 2.24) is 10.2 Å². The first kappa shape index (κ1) is 19.2. The van der Waals surface area contributed by atoms with Crippen molar-refractivity contribution in [3.63, 3.8) is 0 Å². The lowest BCUT2D eigenvalue weighted by Gasteiger charge is -2.38. The van der Waals surface area contributed by atoms with E-state index in [4.69, 9.17) is 4.74 Å². The van der Waals surface area contributed by atoms with Crippen molar-refractivity contribution >= 4 is 5.91 Å². The van der Waals surface area contributed by atoms with Crippen LogP contribution in [0.4, 0.5) is 13.2 Å². The predicted molar refractivity (Wildman–Crippen MR) is 92.2 cm³/mol. The van der Waals surface area contributed by atoms with E-state index in [2.05, 4.69) is 10.2 Å². The van der Waals surface area contributed by atoms with Gasteiger partial charge in [0.05, 0.1) is 18.2 Å². The molecule has 0 aromatic heterocycles. The van der Waals surface area contributed by atoms with E-state index in [1.165, 1.54) is 0 Å². The molecule has 2 aliphatic rings. The second kappa shape index (κ2) is 7.56. The van der Waals surface area contributed by atoms with Gasteiger partial charge in [0.15, 0.2) is 0 Å². The van der Waals surface area contributed by atoms with Gasteiger partial charge in [0.1, 0.15) is 0 Å². The molecule has 0 spiro atoms. The third-order valence-electron chi connectivity index (χ3n) is 5.33. The number of hydrogen-bond acceptors (Lipinski definition) is 3. The summed E-state index contributed by atoms with van der Waals surface area (Å²) in [7, 11) is 0. The van der Waals surface area contributed by atoms with E-state index >= 15 is 0 Å². The van der Waals surface area contributed by atoms with Crippen molar-refractivity contribution in [1.29, 1.82) is 0 Å². The fourth-order valence-electron chi connectivity index (χ4n) is 4.10. The fraction of sp³-hybridized carbons (Fsp3) is 0.632. The molecule has 4 nitrogen and oxygen atoms in total. The van der Waals surface area contributed by atoms with Gasteiger partial charge in [0.2, 0.25) is 0 Å². The molecule has 3 rings (SSSR count). The van der Waals surface area contributed by atoms with Crippen LogP contribution >= 0.6 is 0 Å². The molecule has 0 bridgehead atoms. The Morgan fingerprint density at radius 3 is 2.38 bits per heavy atom. The Balaban J connectivity index is 1.78. The number of ether oxygens (including phenoxy) is 1. The van der Waals surface area contributed by atoms with Crippen LogP contribution in [0.1, 0.15) is 46.3 Å². The van der Waals surface area contributed by atoms with E-state index in [9.17, 15) is 18.0 Å². The van der Waals surface area contributed by atoms with Crippen LogP contribution in [0.25, 0.3) is 0 Å². The number of nitrogens with zero attached hydrogens (tertiary/aromatic N) is 1. The second-order valence-electron chi connectivity index (χ2n) is 7.24. The zero-order valence-electron chi connectivity index (χ0n) is 15.2. The molecule has 0 unspecified atom stereocenters. The minimum atomic E-state index is -4.41. The van der Waals surface area contributed by atoms with Gasteiger partial charge in [-0.15, -0.1) is 0 Å². The summed E-state index contributed by atoms with van der Waals surface area (Å²) < 4.78 is 44.4. The normalized spacial score (nSPS) is 24.7. The van der Waals surface area contributed by atoms with E-state index < -0.39 is 11.7 Å². The van der Waals surface area contributed by atoms with E-state index in [0.717, 1.165) is 44.5 Å². The first-order valence-electron chi connectivity index (χ1n) is 9.08. The Hall–Kier alpha value is -1.60. The number of rotatable bonds is 3. The summed E-state index contributed by atoms with van der Waals surface area (Å²) in [5, 5.41) is 3.02. The predicted octanol–water partition coefficient (Wildman–Crippen LogP) is 3.31. The summed E-state index contributed by atoms with van der Waals surface area (Å²) in [6, 6.07) is 2.16. The molecule has 1 aromatic rings. The van der Waals surface area contributed by atoms with E-state index in [0.29, 0.717) is 29.9 Å². The highest BCUT2D eigenvalue weighted by molar-refractivity contribution is 5.97. The van der Waals surface area contributed by atoms with E-state index in [1.807, 2.05) is 0 Å². The molecular weight excluding hydrogens is 345 g/mol. The number of halogens is 3. The molecular formula is C19H25F3N2O2. The Morgan fingerprint density at radius 2 is 1.81 bits per heavy atom. The minimum absolute atomic E-state index is 0.143. The summed E-state index contributed by atoms with van der Waals surface area (Å²) in [4.78, 5) is 15.2. The number of aryl methyl sites for hydroxylation is 2. The average Bonchev–Trinajstić information content (AvgIpc) is 3.08. The molecule has 2 heterocycles. The molecule has 144 valence electrons. The second-order valence-corrected chi connectivity index (χ2v) is 7.24. The lowest BCUT2D eigenvalue weighted by molar-refractivity contribution is -0.137. The van der Waals surface area contributed by atoms with Crippen LogP contribution < -0.4 is 5.32 Å². The number of hydrogen-bond donors (Lipinski definition) is 1. The van der Waals surface area contributed by atoms with Crippen LogP contribution in [-0.2, 0) is 10.9 Å². The molecule has 1 N–H and O–H groups in total. The van der Waals surface area contributed by atoms with Crippen molar-refractivity contribution in [2.45, 2.75) is 51.4 Å². The zero-order valence-corrected chi connectivity index (χ0v) is 15.2. The highest BCUT2D eigenvalue weighted by Gasteiger charge is 2.35. The summed E-state index contributed by atoms with van der Waals surface area (Å²) in [6.45, 7) is 6.25. The number of likely N-dealkylation sites (tertiary alicyclic amines) is 1. The monoisotopic (exact) mass is 370 g/mol. The van der Waals surface area contributed by atoms with Crippen LogP contribution in [0.5, 0.6) is 0 Å². The maximum atomic E-state index is 13.0. The van der Waals surface area contributed by atoms with Crippen molar-refractivity contribution in [2.24, 2.45) is 0 Å². The standard InChI is InChI=1S/C19H25F3N2O2/c1-12-9-14(19(20,21)22)10-13(2)17(12)18(25)23-15-11-26-8-5-16(15)24-6-3-4-7-24/h9-10,15-16H,3-8,11H2,1-2H3,(H,23,25)/t15-,16-/m1/s1. The van der Waals surface area contributed by atoms with Crippen molar-refractivity contribution in [2.75, 3.05) is 26.3 Å². The Bertz CT molecular complexity index is 646. The van der Waals surface area contributed by atoms with Gasteiger partial charge < -0.3 is 10.1 Å². The molecule has 26 heavy (non-hydrogen) atoms. The number of carbonyl (C=O) groups excluding carboxylic acids is 1. The first-order valence-corrected chi connectivity index (χ1v) is 9.08. The van der Waals surface area contributed by atoms with Gasteiger partial charge in [-0.3, -0.25) is 9.69 Å². The molecule has 1 amide bonds. The number of alkyl halides is 3. The molecule has 0 aliphatic carbocycles. The summed E-state index contributed by atoms with van der Waals surface area (Å²) in [6.07, 6.45) is -1.23. The summed E-state index contributed by atoms with van der Waals surface area (Å²) >= 11 is 0. The highest BCUT2D eigenvalue weighted by atomic mass is 19.4. The first-order chi connectivity index (χ1) is 12.3. The zero-order chi connectivity index (χ0) is 18.9. The van der Waals surface area contributed by atoms with Crippen molar-refractivity contribution in [3.8, 4) is 0 Å². The molecule has 2 aliphatic heterocycles. The van der Waals surface area contributed by atoms with Gasteiger partial charge in [-0.2, -0.15) is 13.2 Å². The number of nitrogens with one attached hydrogen (secondary N) is 1. The van der Waals surface area contributed by atoms with Crippen molar-refractivity contribution < 1.29 is 22.7 Å². The smallest absolute Gasteiger partial charge is 0.379 e. The maximum absolute atomic E-state index is 13.0. The van der Waals surface area contributed by atoms with Crippen LogP contribution in [-0.4, -0.2) is 49.2 Å². The van der Waals surface area contributed by atoms with Crippen molar-refractivity contribution in [3.05, 3.63) is 34.4 Å². The van der Waals surface area contributed by atoms with Gasteiger partial charge in [0, 0.05) is 18.2 Å². The lowest BCUT2D eigenvalue weighted by atomic mass is 9.96.